The largest absolute Gasteiger partial charge is 0.462 e. The van der Waals surface area contributed by atoms with Crippen molar-refractivity contribution in [3.05, 3.63) is 48.6 Å². The first-order valence-corrected chi connectivity index (χ1v) is 21.2. The molecule has 5 nitrogen and oxygen atoms in total. The van der Waals surface area contributed by atoms with Crippen LogP contribution in [0.25, 0.3) is 0 Å². The third-order valence-electron chi connectivity index (χ3n) is 8.82. The van der Waals surface area contributed by atoms with E-state index < -0.39 is 6.10 Å². The topological polar surface area (TPSA) is 61.8 Å². The van der Waals surface area contributed by atoms with Gasteiger partial charge in [0.15, 0.2) is 6.10 Å². The van der Waals surface area contributed by atoms with Crippen LogP contribution < -0.4 is 0 Å². The van der Waals surface area contributed by atoms with Crippen molar-refractivity contribution in [3.8, 4) is 0 Å². The second kappa shape index (κ2) is 41.3. The van der Waals surface area contributed by atoms with Crippen LogP contribution >= 0.6 is 0 Å². The van der Waals surface area contributed by atoms with Crippen molar-refractivity contribution in [3.63, 3.8) is 0 Å². The minimum absolute atomic E-state index is 0.0727. The average molecular weight is 701 g/mol. The van der Waals surface area contributed by atoms with E-state index in [1.165, 1.54) is 89.9 Å². The molecule has 0 amide bonds. The molecule has 0 bridgehead atoms. The second-order valence-corrected chi connectivity index (χ2v) is 13.9. The summed E-state index contributed by atoms with van der Waals surface area (Å²) in [6, 6.07) is 0. The van der Waals surface area contributed by atoms with Crippen molar-refractivity contribution in [2.24, 2.45) is 0 Å². The average Bonchev–Trinajstić information content (AvgIpc) is 3.11. The van der Waals surface area contributed by atoms with Gasteiger partial charge in [0.1, 0.15) is 6.61 Å². The summed E-state index contributed by atoms with van der Waals surface area (Å²) in [4.78, 5) is 25.1. The van der Waals surface area contributed by atoms with Gasteiger partial charge in [-0.1, -0.05) is 159 Å². The Labute approximate surface area is 310 Å². The molecule has 0 fully saturated rings. The summed E-state index contributed by atoms with van der Waals surface area (Å²) >= 11 is 0. The first kappa shape index (κ1) is 47.9. The van der Waals surface area contributed by atoms with Crippen molar-refractivity contribution >= 4 is 11.9 Å². The number of hydrogen-bond acceptors (Lipinski definition) is 5. The molecule has 0 N–H and O–H groups in total. The van der Waals surface area contributed by atoms with E-state index in [0.717, 1.165) is 77.0 Å². The number of carbonyl (C=O) groups is 2. The number of ether oxygens (including phenoxy) is 3. The van der Waals surface area contributed by atoms with Gasteiger partial charge in [0.05, 0.1) is 6.61 Å². The van der Waals surface area contributed by atoms with E-state index in [4.69, 9.17) is 14.2 Å². The Kier molecular flexibility index (Phi) is 39.5. The van der Waals surface area contributed by atoms with Crippen molar-refractivity contribution in [2.75, 3.05) is 19.8 Å². The number of esters is 2. The van der Waals surface area contributed by atoms with Gasteiger partial charge in [0.2, 0.25) is 0 Å². The molecule has 0 spiro atoms. The van der Waals surface area contributed by atoms with Crippen LogP contribution in [-0.2, 0) is 23.8 Å². The van der Waals surface area contributed by atoms with E-state index in [1.807, 2.05) is 0 Å². The van der Waals surface area contributed by atoms with Gasteiger partial charge in [-0.2, -0.15) is 0 Å². The molecule has 0 aliphatic rings. The lowest BCUT2D eigenvalue weighted by molar-refractivity contribution is -0.163. The molecule has 1 unspecified atom stereocenters. The van der Waals surface area contributed by atoms with Crippen LogP contribution in [0.5, 0.6) is 0 Å². The predicted octanol–water partition coefficient (Wildman–Crippen LogP) is 13.7. The van der Waals surface area contributed by atoms with E-state index in [1.54, 1.807) is 0 Å². The van der Waals surface area contributed by atoms with Gasteiger partial charge in [0.25, 0.3) is 0 Å². The molecule has 0 aromatic carbocycles. The maximum Gasteiger partial charge on any atom is 0.306 e. The summed E-state index contributed by atoms with van der Waals surface area (Å²) in [5.41, 5.74) is 0. The highest BCUT2D eigenvalue weighted by Gasteiger charge is 2.17. The zero-order chi connectivity index (χ0) is 36.4. The first-order chi connectivity index (χ1) is 24.6. The third-order valence-corrected chi connectivity index (χ3v) is 8.82. The smallest absolute Gasteiger partial charge is 0.306 e. The van der Waals surface area contributed by atoms with Gasteiger partial charge < -0.3 is 14.2 Å². The molecule has 0 saturated carbocycles. The Balaban J connectivity index is 4.19. The van der Waals surface area contributed by atoms with Crippen LogP contribution in [0.15, 0.2) is 48.6 Å². The number of rotatable bonds is 38. The minimum Gasteiger partial charge on any atom is -0.462 e. The van der Waals surface area contributed by atoms with E-state index >= 15 is 0 Å². The molecule has 0 aromatic heterocycles. The number of allylic oxidation sites excluding steroid dienone is 8. The highest BCUT2D eigenvalue weighted by molar-refractivity contribution is 5.70. The molecule has 5 heteroatoms. The quantitative estimate of drug-likeness (QED) is 0.0364. The SMILES string of the molecule is CCC/C=C\C/C=C\CCCCCCCC(=O)OC(COCCCCCCCC)COC(=O)CCCCCCC/C=C\C/C=C\CCCCC. The first-order valence-electron chi connectivity index (χ1n) is 21.2. The molecule has 0 saturated heterocycles. The normalized spacial score (nSPS) is 12.6. The van der Waals surface area contributed by atoms with Crippen LogP contribution in [0.1, 0.15) is 201 Å². The van der Waals surface area contributed by atoms with Gasteiger partial charge in [-0.3, -0.25) is 9.59 Å². The van der Waals surface area contributed by atoms with Gasteiger partial charge in [-0.15, -0.1) is 0 Å². The third kappa shape index (κ3) is 38.7. The van der Waals surface area contributed by atoms with E-state index in [0.29, 0.717) is 19.4 Å². The molecule has 0 aliphatic heterocycles. The summed E-state index contributed by atoms with van der Waals surface area (Å²) in [5.74, 6) is -0.433. The minimum atomic E-state index is -0.542. The van der Waals surface area contributed by atoms with E-state index in [9.17, 15) is 9.59 Å². The summed E-state index contributed by atoms with van der Waals surface area (Å²) in [6.45, 7) is 7.66. The Bertz CT molecular complexity index is 842. The number of hydrogen-bond donors (Lipinski definition) is 0. The molecule has 0 aromatic rings. The fraction of sp³-hybridized carbons (Fsp3) is 0.778. The molecule has 0 aliphatic carbocycles. The molecule has 0 heterocycles. The van der Waals surface area contributed by atoms with Crippen molar-refractivity contribution in [1.29, 1.82) is 0 Å². The Morgan fingerprint density at radius 3 is 1.44 bits per heavy atom. The van der Waals surface area contributed by atoms with Gasteiger partial charge >= 0.3 is 11.9 Å². The van der Waals surface area contributed by atoms with Crippen molar-refractivity contribution in [2.45, 2.75) is 207 Å². The fourth-order valence-corrected chi connectivity index (χ4v) is 5.63. The van der Waals surface area contributed by atoms with E-state index in [-0.39, 0.29) is 25.2 Å². The van der Waals surface area contributed by atoms with Crippen molar-refractivity contribution < 1.29 is 23.8 Å². The predicted molar refractivity (Wildman–Crippen MR) is 215 cm³/mol. The maximum absolute atomic E-state index is 12.6. The van der Waals surface area contributed by atoms with Crippen LogP contribution in [0.4, 0.5) is 0 Å². The van der Waals surface area contributed by atoms with Crippen molar-refractivity contribution in [1.82, 2.24) is 0 Å². The summed E-state index contributed by atoms with van der Waals surface area (Å²) in [5, 5.41) is 0. The molecule has 290 valence electrons. The second-order valence-electron chi connectivity index (χ2n) is 13.9. The molecule has 1 atom stereocenters. The zero-order valence-corrected chi connectivity index (χ0v) is 33.2. The summed E-state index contributed by atoms with van der Waals surface area (Å²) in [7, 11) is 0. The van der Waals surface area contributed by atoms with Crippen LogP contribution in [-0.4, -0.2) is 37.9 Å². The Morgan fingerprint density at radius 2 is 0.880 bits per heavy atom. The van der Waals surface area contributed by atoms with Gasteiger partial charge in [0, 0.05) is 19.4 Å². The summed E-state index contributed by atoms with van der Waals surface area (Å²) in [6.07, 6.45) is 48.2. The number of carbonyl (C=O) groups excluding carboxylic acids is 2. The highest BCUT2D eigenvalue weighted by Crippen LogP contribution is 2.12. The molecular weight excluding hydrogens is 620 g/mol. The standard InChI is InChI=1S/C45H80O5/c1-4-7-10-13-16-18-20-22-23-25-26-28-30-32-35-38-44(46)49-42-43(41-48-40-37-34-15-12-9-6-3)50-45(47)39-36-33-31-29-27-24-21-19-17-14-11-8-5-2/h11,14,16,18-19,21-23,43H,4-10,12-13,15,17,20,24-42H2,1-3H3/b14-11-,18-16-,21-19-,23-22-. The highest BCUT2D eigenvalue weighted by atomic mass is 16.6. The van der Waals surface area contributed by atoms with E-state index in [2.05, 4.69) is 69.4 Å². The van der Waals surface area contributed by atoms with Crippen LogP contribution in [0.2, 0.25) is 0 Å². The molecule has 50 heavy (non-hydrogen) atoms. The molecular formula is C45H80O5. The zero-order valence-electron chi connectivity index (χ0n) is 33.2. The molecule has 0 rings (SSSR count). The van der Waals surface area contributed by atoms with Crippen LogP contribution in [0.3, 0.4) is 0 Å². The number of unbranched alkanes of at least 4 members (excludes halogenated alkanes) is 19. The monoisotopic (exact) mass is 701 g/mol. The lowest BCUT2D eigenvalue weighted by Crippen LogP contribution is -2.30. The lowest BCUT2D eigenvalue weighted by Gasteiger charge is -2.18. The Hall–Kier alpha value is -2.14. The van der Waals surface area contributed by atoms with Crippen LogP contribution in [0, 0.1) is 0 Å². The Morgan fingerprint density at radius 1 is 0.440 bits per heavy atom. The lowest BCUT2D eigenvalue weighted by atomic mass is 10.1. The summed E-state index contributed by atoms with van der Waals surface area (Å²) < 4.78 is 17.1. The van der Waals surface area contributed by atoms with Gasteiger partial charge in [-0.05, 0) is 77.0 Å². The fourth-order valence-electron chi connectivity index (χ4n) is 5.63. The molecule has 0 radical (unpaired) electrons. The maximum atomic E-state index is 12.6. The van der Waals surface area contributed by atoms with Gasteiger partial charge in [-0.25, -0.2) is 0 Å².